The van der Waals surface area contributed by atoms with Gasteiger partial charge in [0.2, 0.25) is 5.91 Å². The summed E-state index contributed by atoms with van der Waals surface area (Å²) in [6.45, 7) is 4.68. The molecule has 0 heterocycles. The number of carbonyl (C=O) groups excluding carboxylic acids is 1. The number of carbonyl (C=O) groups is 1. The van der Waals surface area contributed by atoms with E-state index in [-0.39, 0.29) is 19.1 Å². The Kier molecular flexibility index (Phi) is 56.4. The molecule has 444 valence electrons. The van der Waals surface area contributed by atoms with Gasteiger partial charge in [0.1, 0.15) is 13.2 Å². The molecule has 2 N–H and O–H groups in total. The molecule has 0 aromatic heterocycles. The van der Waals surface area contributed by atoms with Crippen LogP contribution in [0.3, 0.4) is 0 Å². The second-order valence-electron chi connectivity index (χ2n) is 23.8. The van der Waals surface area contributed by atoms with Crippen molar-refractivity contribution in [2.45, 2.75) is 341 Å². The molecule has 0 aliphatic carbocycles. The summed E-state index contributed by atoms with van der Waals surface area (Å²) >= 11 is 0. The van der Waals surface area contributed by atoms with Crippen LogP contribution in [0.5, 0.6) is 0 Å². The third-order valence-corrected chi connectivity index (χ3v) is 16.0. The van der Waals surface area contributed by atoms with Crippen LogP contribution in [0.2, 0.25) is 0 Å². The number of amides is 1. The van der Waals surface area contributed by atoms with Gasteiger partial charge in [-0.05, 0) is 57.8 Å². The van der Waals surface area contributed by atoms with Gasteiger partial charge < -0.3 is 28.8 Å². The highest BCUT2D eigenvalue weighted by molar-refractivity contribution is 7.45. The van der Waals surface area contributed by atoms with Crippen molar-refractivity contribution < 1.29 is 32.9 Å². The first-order chi connectivity index (χ1) is 36.5. The van der Waals surface area contributed by atoms with E-state index in [4.69, 9.17) is 9.05 Å². The quantitative estimate of drug-likeness (QED) is 0.0272. The zero-order chi connectivity index (χ0) is 54.9. The predicted molar refractivity (Wildman–Crippen MR) is 325 cm³/mol. The summed E-state index contributed by atoms with van der Waals surface area (Å²) in [6, 6.07) is -0.903. The van der Waals surface area contributed by atoms with Crippen molar-refractivity contribution >= 4 is 13.7 Å². The minimum Gasteiger partial charge on any atom is -0.756 e. The van der Waals surface area contributed by atoms with E-state index in [0.29, 0.717) is 17.4 Å². The Morgan fingerprint density at radius 2 is 0.747 bits per heavy atom. The Hall–Kier alpha value is -1.28. The SMILES string of the molecule is CCCCCCCCCC/C=C\CCCCCCCCCCCCCCCCCCCCCC(=O)NC(COP(=O)([O-])OCC[N+](C)(C)C)C(O)/C=C/CC/C=C/CCCCCCCCCCCCCCCCCC. The molecule has 9 heteroatoms. The van der Waals surface area contributed by atoms with E-state index in [9.17, 15) is 19.4 Å². The van der Waals surface area contributed by atoms with E-state index in [1.807, 2.05) is 27.2 Å². The molecule has 0 aromatic rings. The van der Waals surface area contributed by atoms with Gasteiger partial charge in [-0.2, -0.15) is 0 Å². The predicted octanol–water partition coefficient (Wildman–Crippen LogP) is 19.9. The van der Waals surface area contributed by atoms with Crippen molar-refractivity contribution in [2.24, 2.45) is 0 Å². The lowest BCUT2D eigenvalue weighted by atomic mass is 10.0. The summed E-state index contributed by atoms with van der Waals surface area (Å²) in [5, 5.41) is 13.9. The van der Waals surface area contributed by atoms with E-state index >= 15 is 0 Å². The molecule has 0 bridgehead atoms. The number of allylic oxidation sites excluding steroid dienone is 5. The molecule has 8 nitrogen and oxygen atoms in total. The lowest BCUT2D eigenvalue weighted by Gasteiger charge is -2.29. The normalized spacial score (nSPS) is 14.0. The Balaban J connectivity index is 4.09. The minimum absolute atomic E-state index is 0.00459. The molecular formula is C66H129N2O6P. The van der Waals surface area contributed by atoms with Crippen LogP contribution in [0, 0.1) is 0 Å². The maximum atomic E-state index is 13.0. The highest BCUT2D eigenvalue weighted by atomic mass is 31.2. The molecular weight excluding hydrogens is 948 g/mol. The number of phosphoric acid groups is 1. The largest absolute Gasteiger partial charge is 0.756 e. The summed E-state index contributed by atoms with van der Waals surface area (Å²) in [5.74, 6) is -0.201. The van der Waals surface area contributed by atoms with Gasteiger partial charge in [0.05, 0.1) is 39.9 Å². The Labute approximate surface area is 467 Å². The van der Waals surface area contributed by atoms with Gasteiger partial charge in [-0.15, -0.1) is 0 Å². The lowest BCUT2D eigenvalue weighted by Crippen LogP contribution is -2.45. The van der Waals surface area contributed by atoms with Crippen molar-refractivity contribution in [3.63, 3.8) is 0 Å². The summed E-state index contributed by atoms with van der Waals surface area (Å²) in [7, 11) is 1.26. The molecule has 0 radical (unpaired) electrons. The molecule has 3 unspecified atom stereocenters. The van der Waals surface area contributed by atoms with Crippen molar-refractivity contribution in [1.82, 2.24) is 5.32 Å². The fourth-order valence-corrected chi connectivity index (χ4v) is 10.7. The molecule has 0 aromatic carbocycles. The van der Waals surface area contributed by atoms with Gasteiger partial charge in [0.25, 0.3) is 7.82 Å². The van der Waals surface area contributed by atoms with Gasteiger partial charge in [-0.3, -0.25) is 9.36 Å². The molecule has 3 atom stereocenters. The van der Waals surface area contributed by atoms with Gasteiger partial charge in [-0.1, -0.05) is 301 Å². The topological polar surface area (TPSA) is 108 Å². The molecule has 0 aliphatic rings. The number of nitrogens with zero attached hydrogens (tertiary/aromatic N) is 1. The molecule has 0 rings (SSSR count). The molecule has 0 saturated carbocycles. The Bertz CT molecular complexity index is 1320. The molecule has 0 fully saturated rings. The van der Waals surface area contributed by atoms with Crippen LogP contribution in [0.15, 0.2) is 36.5 Å². The second kappa shape index (κ2) is 57.4. The minimum atomic E-state index is -4.61. The molecule has 75 heavy (non-hydrogen) atoms. The number of rotatable bonds is 61. The van der Waals surface area contributed by atoms with E-state index in [1.165, 1.54) is 270 Å². The molecule has 1 amide bonds. The van der Waals surface area contributed by atoms with Crippen LogP contribution in [0.4, 0.5) is 0 Å². The first-order valence-electron chi connectivity index (χ1n) is 32.9. The molecule has 0 spiro atoms. The number of aliphatic hydroxyl groups excluding tert-OH is 1. The van der Waals surface area contributed by atoms with E-state index in [0.717, 1.165) is 38.5 Å². The van der Waals surface area contributed by atoms with Crippen LogP contribution in [0.1, 0.15) is 328 Å². The van der Waals surface area contributed by atoms with Gasteiger partial charge in [0, 0.05) is 6.42 Å². The van der Waals surface area contributed by atoms with Gasteiger partial charge >= 0.3 is 0 Å². The van der Waals surface area contributed by atoms with Crippen molar-refractivity contribution in [3.05, 3.63) is 36.5 Å². The maximum absolute atomic E-state index is 13.0. The number of likely N-dealkylation sites (N-methyl/N-ethyl adjacent to an activating group) is 1. The number of quaternary nitrogens is 1. The zero-order valence-electron chi connectivity index (χ0n) is 50.8. The van der Waals surface area contributed by atoms with Gasteiger partial charge in [-0.25, -0.2) is 0 Å². The van der Waals surface area contributed by atoms with E-state index in [1.54, 1.807) is 6.08 Å². The average molecular weight is 1080 g/mol. The van der Waals surface area contributed by atoms with Crippen molar-refractivity contribution in [3.8, 4) is 0 Å². The molecule has 0 aliphatic heterocycles. The fourth-order valence-electron chi connectivity index (χ4n) is 9.93. The van der Waals surface area contributed by atoms with E-state index in [2.05, 4.69) is 43.5 Å². The Morgan fingerprint density at radius 3 is 1.08 bits per heavy atom. The van der Waals surface area contributed by atoms with E-state index < -0.39 is 20.0 Å². The Morgan fingerprint density at radius 1 is 0.453 bits per heavy atom. The molecule has 0 saturated heterocycles. The third kappa shape index (κ3) is 60.2. The standard InChI is InChI=1S/C66H129N2O6P/c1-6-8-10-12-14-16-18-20-22-24-26-28-30-31-32-33-34-35-36-37-38-40-42-44-46-48-50-52-54-56-58-60-66(70)67-64(63-74-75(71,72)73-62-61-68(3,4)5)65(69)59-57-55-53-51-49-47-45-43-41-39-29-27-25-23-21-19-17-15-13-11-9-7-2/h24,26,49,51,57,59,64-65,69H,6-23,25,27-48,50,52-56,58,60-63H2,1-5H3,(H-,67,70,71,72)/b26-24-,51-49+,59-57+. The highest BCUT2D eigenvalue weighted by Gasteiger charge is 2.23. The smallest absolute Gasteiger partial charge is 0.268 e. The summed E-state index contributed by atoms with van der Waals surface area (Å²) in [4.78, 5) is 25.6. The monoisotopic (exact) mass is 1080 g/mol. The van der Waals surface area contributed by atoms with Crippen LogP contribution in [0.25, 0.3) is 0 Å². The van der Waals surface area contributed by atoms with Crippen molar-refractivity contribution in [1.29, 1.82) is 0 Å². The summed E-state index contributed by atoms with van der Waals surface area (Å²) in [6.07, 6.45) is 75.4. The second-order valence-corrected chi connectivity index (χ2v) is 25.2. The number of aliphatic hydroxyl groups is 1. The number of hydrogen-bond donors (Lipinski definition) is 2. The number of hydrogen-bond acceptors (Lipinski definition) is 6. The number of nitrogens with one attached hydrogen (secondary N) is 1. The first-order valence-corrected chi connectivity index (χ1v) is 34.3. The maximum Gasteiger partial charge on any atom is 0.268 e. The van der Waals surface area contributed by atoms with Crippen LogP contribution < -0.4 is 10.2 Å². The number of unbranched alkanes of at least 4 members (excludes halogenated alkanes) is 44. The number of phosphoric ester groups is 1. The van der Waals surface area contributed by atoms with Crippen LogP contribution in [-0.4, -0.2) is 68.5 Å². The van der Waals surface area contributed by atoms with Crippen LogP contribution in [-0.2, 0) is 18.4 Å². The highest BCUT2D eigenvalue weighted by Crippen LogP contribution is 2.38. The average Bonchev–Trinajstić information content (AvgIpc) is 3.37. The third-order valence-electron chi connectivity index (χ3n) is 15.1. The zero-order valence-corrected chi connectivity index (χ0v) is 51.7. The van der Waals surface area contributed by atoms with Gasteiger partial charge in [0.15, 0.2) is 0 Å². The van der Waals surface area contributed by atoms with Crippen LogP contribution >= 0.6 is 7.82 Å². The van der Waals surface area contributed by atoms with Crippen molar-refractivity contribution in [2.75, 3.05) is 40.9 Å². The first kappa shape index (κ1) is 73.7. The summed E-state index contributed by atoms with van der Waals surface area (Å²) in [5.41, 5.74) is 0. The fraction of sp³-hybridized carbons (Fsp3) is 0.894. The summed E-state index contributed by atoms with van der Waals surface area (Å²) < 4.78 is 23.4. The lowest BCUT2D eigenvalue weighted by molar-refractivity contribution is -0.870.